The van der Waals surface area contributed by atoms with Gasteiger partial charge in [-0.15, -0.1) is 0 Å². The van der Waals surface area contributed by atoms with Gasteiger partial charge in [0.05, 0.1) is 17.9 Å². The van der Waals surface area contributed by atoms with Crippen LogP contribution < -0.4 is 0 Å². The van der Waals surface area contributed by atoms with Gasteiger partial charge in [-0.2, -0.15) is 0 Å². The molecule has 0 saturated heterocycles. The summed E-state index contributed by atoms with van der Waals surface area (Å²) in [6.45, 7) is 1.73. The number of aliphatic carboxylic acids is 1. The van der Waals surface area contributed by atoms with Crippen molar-refractivity contribution in [1.82, 2.24) is 0 Å². The summed E-state index contributed by atoms with van der Waals surface area (Å²) in [4.78, 5) is 35.4. The lowest BCUT2D eigenvalue weighted by molar-refractivity contribution is -0.145. The predicted octanol–water partition coefficient (Wildman–Crippen LogP) is 2.94. The summed E-state index contributed by atoms with van der Waals surface area (Å²) in [5.41, 5.74) is 1.46. The van der Waals surface area contributed by atoms with Crippen molar-refractivity contribution in [3.63, 3.8) is 0 Å². The van der Waals surface area contributed by atoms with Crippen molar-refractivity contribution in [3.8, 4) is 0 Å². The molecule has 2 aromatic rings. The molecule has 1 N–H and O–H groups in total. The van der Waals surface area contributed by atoms with E-state index in [0.29, 0.717) is 11.1 Å². The van der Waals surface area contributed by atoms with E-state index in [9.17, 15) is 14.4 Å². The second-order valence-corrected chi connectivity index (χ2v) is 5.08. The number of hydrogen-bond donors (Lipinski definition) is 1. The SMILES string of the molecule is Cc1ccccc1C(=O)OC(=O)C(CC(=O)O)c1ccccc1. The third kappa shape index (κ3) is 4.26. The number of rotatable bonds is 5. The number of esters is 2. The van der Waals surface area contributed by atoms with Crippen molar-refractivity contribution in [2.45, 2.75) is 19.3 Å². The Labute approximate surface area is 133 Å². The van der Waals surface area contributed by atoms with Crippen LogP contribution in [0.4, 0.5) is 0 Å². The highest BCUT2D eigenvalue weighted by Crippen LogP contribution is 2.22. The van der Waals surface area contributed by atoms with Gasteiger partial charge < -0.3 is 9.84 Å². The fraction of sp³-hybridized carbons (Fsp3) is 0.167. The van der Waals surface area contributed by atoms with Gasteiger partial charge in [0.2, 0.25) is 0 Å². The van der Waals surface area contributed by atoms with Crippen LogP contribution in [0.25, 0.3) is 0 Å². The maximum absolute atomic E-state index is 12.3. The number of benzene rings is 2. The van der Waals surface area contributed by atoms with E-state index in [1.165, 1.54) is 0 Å². The van der Waals surface area contributed by atoms with E-state index in [2.05, 4.69) is 0 Å². The van der Waals surface area contributed by atoms with Crippen molar-refractivity contribution in [2.24, 2.45) is 0 Å². The maximum atomic E-state index is 12.3. The Hall–Kier alpha value is -2.95. The molecule has 0 spiro atoms. The molecular formula is C18H16O5. The van der Waals surface area contributed by atoms with Gasteiger partial charge in [0.25, 0.3) is 0 Å². The van der Waals surface area contributed by atoms with E-state index in [1.807, 2.05) is 0 Å². The molecule has 1 atom stereocenters. The zero-order valence-corrected chi connectivity index (χ0v) is 12.6. The first-order chi connectivity index (χ1) is 11.0. The fourth-order valence-electron chi connectivity index (χ4n) is 2.22. The Kier molecular flexibility index (Phi) is 5.25. The molecule has 0 fully saturated rings. The third-order valence-electron chi connectivity index (χ3n) is 3.42. The van der Waals surface area contributed by atoms with Crippen LogP contribution in [-0.4, -0.2) is 23.0 Å². The highest BCUT2D eigenvalue weighted by molar-refractivity contribution is 6.00. The van der Waals surface area contributed by atoms with Crippen LogP contribution in [0.2, 0.25) is 0 Å². The van der Waals surface area contributed by atoms with E-state index >= 15 is 0 Å². The fourth-order valence-corrected chi connectivity index (χ4v) is 2.22. The van der Waals surface area contributed by atoms with Crippen LogP contribution in [0.15, 0.2) is 54.6 Å². The van der Waals surface area contributed by atoms with E-state index in [4.69, 9.17) is 9.84 Å². The predicted molar refractivity (Wildman–Crippen MR) is 83.0 cm³/mol. The van der Waals surface area contributed by atoms with Crippen molar-refractivity contribution in [1.29, 1.82) is 0 Å². The zero-order valence-electron chi connectivity index (χ0n) is 12.6. The average Bonchev–Trinajstić information content (AvgIpc) is 2.53. The lowest BCUT2D eigenvalue weighted by Crippen LogP contribution is -2.22. The van der Waals surface area contributed by atoms with E-state index < -0.39 is 30.2 Å². The molecule has 0 aliphatic heterocycles. The van der Waals surface area contributed by atoms with Gasteiger partial charge in [-0.3, -0.25) is 9.59 Å². The van der Waals surface area contributed by atoms with Crippen molar-refractivity contribution in [3.05, 3.63) is 71.3 Å². The molecule has 5 nitrogen and oxygen atoms in total. The van der Waals surface area contributed by atoms with Crippen LogP contribution >= 0.6 is 0 Å². The third-order valence-corrected chi connectivity index (χ3v) is 3.42. The summed E-state index contributed by atoms with van der Waals surface area (Å²) >= 11 is 0. The molecule has 0 saturated carbocycles. The number of carbonyl (C=O) groups excluding carboxylic acids is 2. The lowest BCUT2D eigenvalue weighted by Gasteiger charge is -2.14. The minimum Gasteiger partial charge on any atom is -0.481 e. The number of aryl methyl sites for hydroxylation is 1. The first-order valence-corrected chi connectivity index (χ1v) is 7.07. The number of carbonyl (C=O) groups is 3. The lowest BCUT2D eigenvalue weighted by atomic mass is 9.96. The minimum absolute atomic E-state index is 0.281. The van der Waals surface area contributed by atoms with Gasteiger partial charge >= 0.3 is 17.9 Å². The molecule has 118 valence electrons. The molecule has 23 heavy (non-hydrogen) atoms. The number of hydrogen-bond acceptors (Lipinski definition) is 4. The molecule has 0 radical (unpaired) electrons. The summed E-state index contributed by atoms with van der Waals surface area (Å²) in [6, 6.07) is 15.1. The molecule has 0 aromatic heterocycles. The molecule has 2 aromatic carbocycles. The molecule has 2 rings (SSSR count). The first-order valence-electron chi connectivity index (χ1n) is 7.07. The Bertz CT molecular complexity index is 721. The van der Waals surface area contributed by atoms with Gasteiger partial charge in [0.15, 0.2) is 0 Å². The number of carboxylic acid groups (broad SMARTS) is 1. The van der Waals surface area contributed by atoms with Crippen LogP contribution in [0.5, 0.6) is 0 Å². The van der Waals surface area contributed by atoms with Crippen LogP contribution in [0.3, 0.4) is 0 Å². The first kappa shape index (κ1) is 16.4. The van der Waals surface area contributed by atoms with Gasteiger partial charge in [0, 0.05) is 0 Å². The summed E-state index contributed by atoms with van der Waals surface area (Å²) in [5.74, 6) is -3.81. The van der Waals surface area contributed by atoms with E-state index in [1.54, 1.807) is 61.5 Å². The number of carboxylic acids is 1. The summed E-state index contributed by atoms with van der Waals surface area (Å²) in [5, 5.41) is 9.00. The molecule has 0 amide bonds. The molecule has 0 aliphatic rings. The molecular weight excluding hydrogens is 296 g/mol. The molecule has 0 bridgehead atoms. The monoisotopic (exact) mass is 312 g/mol. The van der Waals surface area contributed by atoms with Crippen LogP contribution in [0.1, 0.15) is 33.8 Å². The molecule has 0 heterocycles. The summed E-state index contributed by atoms with van der Waals surface area (Å²) in [6.07, 6.45) is -0.441. The largest absolute Gasteiger partial charge is 0.481 e. The molecule has 5 heteroatoms. The van der Waals surface area contributed by atoms with E-state index in [0.717, 1.165) is 0 Å². The van der Waals surface area contributed by atoms with Gasteiger partial charge in [-0.1, -0.05) is 48.5 Å². The second kappa shape index (κ2) is 7.35. The van der Waals surface area contributed by atoms with Gasteiger partial charge in [-0.05, 0) is 24.1 Å². The molecule has 1 unspecified atom stereocenters. The highest BCUT2D eigenvalue weighted by atomic mass is 16.6. The smallest absolute Gasteiger partial charge is 0.346 e. The summed E-state index contributed by atoms with van der Waals surface area (Å²) in [7, 11) is 0. The van der Waals surface area contributed by atoms with Gasteiger partial charge in [0.1, 0.15) is 0 Å². The van der Waals surface area contributed by atoms with Crippen molar-refractivity contribution in [2.75, 3.05) is 0 Å². The van der Waals surface area contributed by atoms with Gasteiger partial charge in [-0.25, -0.2) is 4.79 Å². The van der Waals surface area contributed by atoms with E-state index in [-0.39, 0.29) is 5.56 Å². The van der Waals surface area contributed by atoms with Crippen molar-refractivity contribution < 1.29 is 24.2 Å². The maximum Gasteiger partial charge on any atom is 0.346 e. The minimum atomic E-state index is -1.14. The Balaban J connectivity index is 2.20. The topological polar surface area (TPSA) is 80.7 Å². The average molecular weight is 312 g/mol. The van der Waals surface area contributed by atoms with Crippen molar-refractivity contribution >= 4 is 17.9 Å². The zero-order chi connectivity index (χ0) is 16.8. The normalized spacial score (nSPS) is 11.5. The second-order valence-electron chi connectivity index (χ2n) is 5.08. The highest BCUT2D eigenvalue weighted by Gasteiger charge is 2.27. The number of ether oxygens (including phenoxy) is 1. The Morgan fingerprint density at radius 1 is 1.00 bits per heavy atom. The Morgan fingerprint density at radius 2 is 1.61 bits per heavy atom. The Morgan fingerprint density at radius 3 is 2.22 bits per heavy atom. The summed E-state index contributed by atoms with van der Waals surface area (Å²) < 4.78 is 4.89. The van der Waals surface area contributed by atoms with Crippen LogP contribution in [-0.2, 0) is 14.3 Å². The molecule has 0 aliphatic carbocycles. The standard InChI is InChI=1S/C18H16O5/c1-12-7-5-6-10-14(12)17(21)23-18(22)15(11-16(19)20)13-8-3-2-4-9-13/h2-10,15H,11H2,1H3,(H,19,20). The quantitative estimate of drug-likeness (QED) is 0.678. The van der Waals surface area contributed by atoms with Crippen LogP contribution in [0, 0.1) is 6.92 Å².